The van der Waals surface area contributed by atoms with Gasteiger partial charge >= 0.3 is 0 Å². The second-order valence-corrected chi connectivity index (χ2v) is 7.20. The van der Waals surface area contributed by atoms with Crippen LogP contribution in [0.5, 0.6) is 0 Å². The van der Waals surface area contributed by atoms with Crippen LogP contribution >= 0.6 is 24.0 Å². The van der Waals surface area contributed by atoms with E-state index in [1.807, 2.05) is 6.20 Å². The van der Waals surface area contributed by atoms with E-state index in [1.54, 1.807) is 0 Å². The minimum Gasteiger partial charge on any atom is -0.357 e. The Kier molecular flexibility index (Phi) is 9.02. The summed E-state index contributed by atoms with van der Waals surface area (Å²) in [5.41, 5.74) is 5.09. The van der Waals surface area contributed by atoms with Crippen molar-refractivity contribution < 1.29 is 0 Å². The lowest BCUT2D eigenvalue weighted by molar-refractivity contribution is 0.812. The molecule has 1 aromatic heterocycles. The molecule has 1 aliphatic rings. The Morgan fingerprint density at radius 3 is 2.61 bits per heavy atom. The van der Waals surface area contributed by atoms with Crippen molar-refractivity contribution in [2.24, 2.45) is 4.99 Å². The normalized spacial score (nSPS) is 14.0. The summed E-state index contributed by atoms with van der Waals surface area (Å²) in [5.74, 6) is 1.92. The molecule has 28 heavy (non-hydrogen) atoms. The molecule has 1 aliphatic heterocycles. The molecule has 0 aliphatic carbocycles. The third-order valence-electron chi connectivity index (χ3n) is 4.95. The van der Waals surface area contributed by atoms with Gasteiger partial charge in [-0.3, -0.25) is 0 Å². The minimum absolute atomic E-state index is 0. The van der Waals surface area contributed by atoms with E-state index in [0.29, 0.717) is 6.54 Å². The Hall–Kier alpha value is -1.83. The molecular weight excluding hydrogens is 461 g/mol. The van der Waals surface area contributed by atoms with E-state index in [-0.39, 0.29) is 24.0 Å². The molecule has 0 bridgehead atoms. The van der Waals surface area contributed by atoms with Gasteiger partial charge in [0.2, 0.25) is 0 Å². The fourth-order valence-corrected chi connectivity index (χ4v) is 3.41. The number of nitrogens with zero attached hydrogens (tertiary/aromatic N) is 3. The number of halogens is 1. The van der Waals surface area contributed by atoms with E-state index >= 15 is 0 Å². The molecule has 2 N–H and O–H groups in total. The Bertz CT molecular complexity index is 784. The zero-order valence-corrected chi connectivity index (χ0v) is 19.5. The average molecular weight is 493 g/mol. The van der Waals surface area contributed by atoms with Gasteiger partial charge in [0.25, 0.3) is 0 Å². The second-order valence-electron chi connectivity index (χ2n) is 7.20. The lowest BCUT2D eigenvalue weighted by Gasteiger charge is -2.17. The van der Waals surface area contributed by atoms with Crippen molar-refractivity contribution in [1.82, 2.24) is 15.6 Å². The molecule has 0 radical (unpaired) electrons. The van der Waals surface area contributed by atoms with Gasteiger partial charge in [-0.05, 0) is 62.4 Å². The van der Waals surface area contributed by atoms with Crippen LogP contribution in [0, 0.1) is 13.8 Å². The summed E-state index contributed by atoms with van der Waals surface area (Å²) in [4.78, 5) is 11.6. The van der Waals surface area contributed by atoms with Gasteiger partial charge in [0, 0.05) is 32.4 Å². The SMILES string of the molecule is CCNC(=NCc1ccnc(N2CCCC2)c1)NCc1ccc(C)cc1C.I. The molecular formula is C22H32IN5. The molecule has 152 valence electrons. The van der Waals surface area contributed by atoms with Crippen molar-refractivity contribution in [2.75, 3.05) is 24.5 Å². The standard InChI is InChI=1S/C22H31N5.HI/c1-4-23-22(26-16-20-8-7-17(2)13-18(20)3)25-15-19-9-10-24-21(14-19)27-11-5-6-12-27;/h7-10,13-14H,4-6,11-12,15-16H2,1-3H3,(H2,23,25,26);1H. The highest BCUT2D eigenvalue weighted by molar-refractivity contribution is 14.0. The van der Waals surface area contributed by atoms with E-state index < -0.39 is 0 Å². The van der Waals surface area contributed by atoms with Crippen molar-refractivity contribution in [1.29, 1.82) is 0 Å². The van der Waals surface area contributed by atoms with E-state index in [9.17, 15) is 0 Å². The lowest BCUT2D eigenvalue weighted by Crippen LogP contribution is -2.36. The molecule has 5 nitrogen and oxygen atoms in total. The molecule has 1 saturated heterocycles. The van der Waals surface area contributed by atoms with E-state index in [4.69, 9.17) is 4.99 Å². The molecule has 2 aromatic rings. The number of guanidine groups is 1. The van der Waals surface area contributed by atoms with E-state index in [0.717, 1.165) is 38.0 Å². The van der Waals surface area contributed by atoms with Crippen LogP contribution in [0.3, 0.4) is 0 Å². The Balaban J connectivity index is 0.00000280. The third kappa shape index (κ3) is 6.36. The maximum absolute atomic E-state index is 4.76. The number of nitrogens with one attached hydrogen (secondary N) is 2. The summed E-state index contributed by atoms with van der Waals surface area (Å²) in [6.07, 6.45) is 4.42. The van der Waals surface area contributed by atoms with Gasteiger partial charge in [-0.1, -0.05) is 23.8 Å². The third-order valence-corrected chi connectivity index (χ3v) is 4.95. The van der Waals surface area contributed by atoms with Gasteiger partial charge in [-0.25, -0.2) is 9.98 Å². The van der Waals surface area contributed by atoms with Crippen LogP contribution in [0.4, 0.5) is 5.82 Å². The number of benzene rings is 1. The number of anilines is 1. The minimum atomic E-state index is 0. The van der Waals surface area contributed by atoms with Crippen molar-refractivity contribution in [3.8, 4) is 0 Å². The molecule has 0 saturated carbocycles. The summed E-state index contributed by atoms with van der Waals surface area (Å²) in [6, 6.07) is 10.8. The predicted octanol–water partition coefficient (Wildman–Crippen LogP) is 4.17. The summed E-state index contributed by atoms with van der Waals surface area (Å²) in [6.45, 7) is 10.9. The molecule has 0 unspecified atom stereocenters. The molecule has 3 rings (SSSR count). The van der Waals surface area contributed by atoms with Crippen molar-refractivity contribution in [3.05, 3.63) is 58.8 Å². The van der Waals surface area contributed by atoms with E-state index in [2.05, 4.69) is 71.6 Å². The smallest absolute Gasteiger partial charge is 0.191 e. The second kappa shape index (κ2) is 11.2. The molecule has 2 heterocycles. The van der Waals surface area contributed by atoms with Crippen LogP contribution in [0.15, 0.2) is 41.5 Å². The maximum atomic E-state index is 4.76. The molecule has 0 amide bonds. The summed E-state index contributed by atoms with van der Waals surface area (Å²) >= 11 is 0. The number of hydrogen-bond acceptors (Lipinski definition) is 3. The van der Waals surface area contributed by atoms with Crippen molar-refractivity contribution in [3.63, 3.8) is 0 Å². The van der Waals surface area contributed by atoms with Gasteiger partial charge in [0.1, 0.15) is 5.82 Å². The summed E-state index contributed by atoms with van der Waals surface area (Å²) in [7, 11) is 0. The first kappa shape index (κ1) is 22.5. The molecule has 1 aromatic carbocycles. The highest BCUT2D eigenvalue weighted by Gasteiger charge is 2.13. The molecule has 0 spiro atoms. The number of hydrogen-bond donors (Lipinski definition) is 2. The fraction of sp³-hybridized carbons (Fsp3) is 0.455. The number of rotatable bonds is 6. The maximum Gasteiger partial charge on any atom is 0.191 e. The highest BCUT2D eigenvalue weighted by Crippen LogP contribution is 2.18. The topological polar surface area (TPSA) is 52.6 Å². The van der Waals surface area contributed by atoms with Crippen LogP contribution in [-0.4, -0.2) is 30.6 Å². The monoisotopic (exact) mass is 493 g/mol. The Morgan fingerprint density at radius 2 is 1.89 bits per heavy atom. The molecule has 0 atom stereocenters. The Labute approximate surface area is 186 Å². The number of aliphatic imine (C=N–C) groups is 1. The first-order valence-corrected chi connectivity index (χ1v) is 9.94. The van der Waals surface area contributed by atoms with Crippen LogP contribution in [0.25, 0.3) is 0 Å². The van der Waals surface area contributed by atoms with Gasteiger partial charge in [-0.2, -0.15) is 0 Å². The summed E-state index contributed by atoms with van der Waals surface area (Å²) < 4.78 is 0. The van der Waals surface area contributed by atoms with Gasteiger partial charge in [-0.15, -0.1) is 24.0 Å². The van der Waals surface area contributed by atoms with Crippen LogP contribution in [-0.2, 0) is 13.1 Å². The largest absolute Gasteiger partial charge is 0.357 e. The predicted molar refractivity (Wildman–Crippen MR) is 129 cm³/mol. The fourth-order valence-electron chi connectivity index (χ4n) is 3.41. The average Bonchev–Trinajstić information content (AvgIpc) is 3.20. The van der Waals surface area contributed by atoms with Crippen LogP contribution < -0.4 is 15.5 Å². The zero-order chi connectivity index (χ0) is 19.1. The van der Waals surface area contributed by atoms with Gasteiger partial charge < -0.3 is 15.5 Å². The lowest BCUT2D eigenvalue weighted by atomic mass is 10.1. The quantitative estimate of drug-likeness (QED) is 0.361. The zero-order valence-electron chi connectivity index (χ0n) is 17.2. The number of pyridine rings is 1. The summed E-state index contributed by atoms with van der Waals surface area (Å²) in [5, 5.41) is 6.79. The first-order chi connectivity index (χ1) is 13.2. The number of aromatic nitrogens is 1. The highest BCUT2D eigenvalue weighted by atomic mass is 127. The van der Waals surface area contributed by atoms with Crippen LogP contribution in [0.2, 0.25) is 0 Å². The van der Waals surface area contributed by atoms with Crippen molar-refractivity contribution in [2.45, 2.75) is 46.7 Å². The molecule has 6 heteroatoms. The van der Waals surface area contributed by atoms with Crippen molar-refractivity contribution >= 4 is 35.8 Å². The van der Waals surface area contributed by atoms with Crippen LogP contribution in [0.1, 0.15) is 42.0 Å². The van der Waals surface area contributed by atoms with E-state index in [1.165, 1.54) is 35.1 Å². The first-order valence-electron chi connectivity index (χ1n) is 9.94. The number of aryl methyl sites for hydroxylation is 2. The van der Waals surface area contributed by atoms with Gasteiger partial charge in [0.05, 0.1) is 6.54 Å². The Morgan fingerprint density at radius 1 is 1.11 bits per heavy atom. The molecule has 1 fully saturated rings. The van der Waals surface area contributed by atoms with Gasteiger partial charge in [0.15, 0.2) is 5.96 Å².